The second-order valence-corrected chi connectivity index (χ2v) is 6.84. The van der Waals surface area contributed by atoms with Gasteiger partial charge in [0.1, 0.15) is 5.60 Å². The second kappa shape index (κ2) is 6.46. The van der Waals surface area contributed by atoms with E-state index in [1.54, 1.807) is 26.8 Å². The van der Waals surface area contributed by atoms with E-state index in [2.05, 4.69) is 13.5 Å². The molecule has 0 bridgehead atoms. The number of hydrogen-bond acceptors (Lipinski definition) is 3. The number of amides is 2. The maximum Gasteiger partial charge on any atom is 0.417 e. The maximum absolute atomic E-state index is 12.6. The van der Waals surface area contributed by atoms with E-state index in [4.69, 9.17) is 4.74 Å². The van der Waals surface area contributed by atoms with E-state index < -0.39 is 17.1 Å². The lowest BCUT2D eigenvalue weighted by atomic mass is 9.81. The van der Waals surface area contributed by atoms with Crippen LogP contribution in [0.25, 0.3) is 0 Å². The van der Waals surface area contributed by atoms with Gasteiger partial charge in [0.15, 0.2) is 0 Å². The first-order chi connectivity index (χ1) is 9.63. The topological polar surface area (TPSA) is 46.6 Å². The van der Waals surface area contributed by atoms with Gasteiger partial charge in [-0.15, -0.1) is 0 Å². The highest BCUT2D eigenvalue weighted by Crippen LogP contribution is 2.38. The van der Waals surface area contributed by atoms with Crippen LogP contribution in [0.3, 0.4) is 0 Å². The van der Waals surface area contributed by atoms with Crippen molar-refractivity contribution in [2.45, 2.75) is 59.5 Å². The lowest BCUT2D eigenvalue weighted by Gasteiger charge is -2.26. The summed E-state index contributed by atoms with van der Waals surface area (Å²) in [5.74, 6) is -0.139. The minimum Gasteiger partial charge on any atom is -0.443 e. The number of carbonyl (C=O) groups excluding carboxylic acids is 2. The smallest absolute Gasteiger partial charge is 0.417 e. The van der Waals surface area contributed by atoms with E-state index in [1.165, 1.54) is 10.5 Å². The Kier molecular flexibility index (Phi) is 5.37. The normalized spacial score (nSPS) is 23.4. The molecule has 0 N–H and O–H groups in total. The summed E-state index contributed by atoms with van der Waals surface area (Å²) < 4.78 is 5.30. The highest BCUT2D eigenvalue weighted by Gasteiger charge is 2.46. The van der Waals surface area contributed by atoms with E-state index in [9.17, 15) is 9.59 Å². The van der Waals surface area contributed by atoms with Gasteiger partial charge in [0.25, 0.3) is 0 Å². The summed E-state index contributed by atoms with van der Waals surface area (Å²) in [6, 6.07) is 0. The summed E-state index contributed by atoms with van der Waals surface area (Å²) in [5, 5.41) is 0. The van der Waals surface area contributed by atoms with Crippen molar-refractivity contribution < 1.29 is 14.3 Å². The first-order valence-corrected chi connectivity index (χ1v) is 7.48. The van der Waals surface area contributed by atoms with Crippen LogP contribution in [0.5, 0.6) is 0 Å². The number of nitrogens with zero attached hydrogens (tertiary/aromatic N) is 1. The molecule has 118 valence electrons. The molecule has 2 amide bonds. The van der Waals surface area contributed by atoms with Gasteiger partial charge >= 0.3 is 6.09 Å². The monoisotopic (exact) mass is 293 g/mol. The number of carbonyl (C=O) groups is 2. The number of rotatable bonds is 4. The molecule has 0 radical (unpaired) electrons. The lowest BCUT2D eigenvalue weighted by molar-refractivity contribution is -0.134. The first kappa shape index (κ1) is 17.5. The third-order valence-corrected chi connectivity index (χ3v) is 3.69. The standard InChI is InChI=1S/C17H27NO3/c1-7-9-13(8-2)12-17(6)10-11-18(14(17)19)15(20)21-16(3,4)5/h7,9H,1,8,10-12H2,2-6H3/b13-9+. The van der Waals surface area contributed by atoms with Crippen molar-refractivity contribution in [2.24, 2.45) is 5.41 Å². The summed E-state index contributed by atoms with van der Waals surface area (Å²) in [6.07, 6.45) is 5.36. The SMILES string of the molecule is C=C/C=C(\CC)CC1(C)CCN(C(=O)OC(C)(C)C)C1=O. The van der Waals surface area contributed by atoms with Gasteiger partial charge in [0.05, 0.1) is 5.41 Å². The Morgan fingerprint density at radius 2 is 2.10 bits per heavy atom. The van der Waals surface area contributed by atoms with Crippen LogP contribution in [-0.4, -0.2) is 29.0 Å². The van der Waals surface area contributed by atoms with Gasteiger partial charge in [0, 0.05) is 6.54 Å². The van der Waals surface area contributed by atoms with Gasteiger partial charge in [-0.1, -0.05) is 38.2 Å². The summed E-state index contributed by atoms with van der Waals surface area (Å²) in [6.45, 7) is 13.5. The fraction of sp³-hybridized carbons (Fsp3) is 0.647. The number of imide groups is 1. The first-order valence-electron chi connectivity index (χ1n) is 7.48. The highest BCUT2D eigenvalue weighted by molar-refractivity contribution is 5.97. The van der Waals surface area contributed by atoms with Crippen molar-refractivity contribution in [3.63, 3.8) is 0 Å². The molecule has 0 aromatic rings. The second-order valence-electron chi connectivity index (χ2n) is 6.84. The molecule has 1 saturated heterocycles. The number of allylic oxidation sites excluding steroid dienone is 3. The molecule has 4 nitrogen and oxygen atoms in total. The molecule has 1 fully saturated rings. The summed E-state index contributed by atoms with van der Waals surface area (Å²) >= 11 is 0. The van der Waals surface area contributed by atoms with Gasteiger partial charge in [-0.2, -0.15) is 0 Å². The van der Waals surface area contributed by atoms with Crippen molar-refractivity contribution >= 4 is 12.0 Å². The highest BCUT2D eigenvalue weighted by atomic mass is 16.6. The van der Waals surface area contributed by atoms with Crippen molar-refractivity contribution in [2.75, 3.05) is 6.54 Å². The van der Waals surface area contributed by atoms with Crippen LogP contribution in [-0.2, 0) is 9.53 Å². The summed E-state index contributed by atoms with van der Waals surface area (Å²) in [5.41, 5.74) is 0.0574. The van der Waals surface area contributed by atoms with Gasteiger partial charge in [-0.3, -0.25) is 4.79 Å². The molecule has 1 atom stereocenters. The van der Waals surface area contributed by atoms with Crippen LogP contribution in [0.4, 0.5) is 4.79 Å². The zero-order valence-corrected chi connectivity index (χ0v) is 13.9. The largest absolute Gasteiger partial charge is 0.443 e. The predicted molar refractivity (Wildman–Crippen MR) is 83.9 cm³/mol. The van der Waals surface area contributed by atoms with Crippen LogP contribution in [0.2, 0.25) is 0 Å². The molecule has 1 unspecified atom stereocenters. The quantitative estimate of drug-likeness (QED) is 0.734. The van der Waals surface area contributed by atoms with Crippen LogP contribution in [0.1, 0.15) is 53.9 Å². The molecule has 0 saturated carbocycles. The Labute approximate surface area is 127 Å². The third kappa shape index (κ3) is 4.45. The Morgan fingerprint density at radius 3 is 2.57 bits per heavy atom. The molecular formula is C17H27NO3. The van der Waals surface area contributed by atoms with Gasteiger partial charge in [-0.05, 0) is 40.0 Å². The van der Waals surface area contributed by atoms with Crippen LogP contribution < -0.4 is 0 Å². The Morgan fingerprint density at radius 1 is 1.48 bits per heavy atom. The molecule has 1 aliphatic rings. The van der Waals surface area contributed by atoms with E-state index in [-0.39, 0.29) is 5.91 Å². The van der Waals surface area contributed by atoms with E-state index >= 15 is 0 Å². The van der Waals surface area contributed by atoms with Crippen LogP contribution in [0, 0.1) is 5.41 Å². The zero-order valence-electron chi connectivity index (χ0n) is 13.9. The van der Waals surface area contributed by atoms with Crippen LogP contribution >= 0.6 is 0 Å². The van der Waals surface area contributed by atoms with E-state index in [1.807, 2.05) is 13.0 Å². The van der Waals surface area contributed by atoms with Crippen LogP contribution in [0.15, 0.2) is 24.3 Å². The fourth-order valence-corrected chi connectivity index (χ4v) is 2.52. The molecule has 1 rings (SSSR count). The van der Waals surface area contributed by atoms with Crippen molar-refractivity contribution in [3.8, 4) is 0 Å². The van der Waals surface area contributed by atoms with E-state index in [0.717, 1.165) is 6.42 Å². The summed E-state index contributed by atoms with van der Waals surface area (Å²) in [4.78, 5) is 25.9. The van der Waals surface area contributed by atoms with E-state index in [0.29, 0.717) is 19.4 Å². The Balaban J connectivity index is 2.82. The third-order valence-electron chi connectivity index (χ3n) is 3.69. The van der Waals surface area contributed by atoms with Crippen molar-refractivity contribution in [3.05, 3.63) is 24.3 Å². The molecule has 4 heteroatoms. The minimum absolute atomic E-state index is 0.139. The van der Waals surface area contributed by atoms with Gasteiger partial charge in [-0.25, -0.2) is 9.69 Å². The lowest BCUT2D eigenvalue weighted by Crippen LogP contribution is -2.40. The molecule has 0 aliphatic carbocycles. The number of ether oxygens (including phenoxy) is 1. The van der Waals surface area contributed by atoms with Gasteiger partial charge in [0.2, 0.25) is 5.91 Å². The fourth-order valence-electron chi connectivity index (χ4n) is 2.52. The average Bonchev–Trinajstić information content (AvgIpc) is 2.63. The molecule has 21 heavy (non-hydrogen) atoms. The molecule has 0 aromatic heterocycles. The zero-order chi connectivity index (χ0) is 16.3. The number of likely N-dealkylation sites (tertiary alicyclic amines) is 1. The molecule has 1 aliphatic heterocycles. The van der Waals surface area contributed by atoms with Gasteiger partial charge < -0.3 is 4.74 Å². The van der Waals surface area contributed by atoms with Crippen molar-refractivity contribution in [1.82, 2.24) is 4.90 Å². The molecule has 0 spiro atoms. The molecular weight excluding hydrogens is 266 g/mol. The number of hydrogen-bond donors (Lipinski definition) is 0. The predicted octanol–water partition coefficient (Wildman–Crippen LogP) is 4.07. The maximum atomic E-state index is 12.6. The van der Waals surface area contributed by atoms with Crippen molar-refractivity contribution in [1.29, 1.82) is 0 Å². The average molecular weight is 293 g/mol. The molecule has 1 heterocycles. The minimum atomic E-state index is -0.590. The Hall–Kier alpha value is -1.58. The summed E-state index contributed by atoms with van der Waals surface area (Å²) in [7, 11) is 0. The molecule has 0 aromatic carbocycles. The Bertz CT molecular complexity index is 459.